The zero-order chi connectivity index (χ0) is 16.4. The highest BCUT2D eigenvalue weighted by molar-refractivity contribution is 5.85. The first-order valence-corrected chi connectivity index (χ1v) is 9.51. The van der Waals surface area contributed by atoms with E-state index >= 15 is 0 Å². The number of aliphatic hydroxyl groups is 2. The van der Waals surface area contributed by atoms with Gasteiger partial charge in [0.15, 0.2) is 0 Å². The molecule has 4 saturated heterocycles. The minimum atomic E-state index is -0.610. The van der Waals surface area contributed by atoms with E-state index in [4.69, 9.17) is 0 Å². The highest BCUT2D eigenvalue weighted by Gasteiger charge is 2.76. The van der Waals surface area contributed by atoms with Crippen LogP contribution in [0.15, 0.2) is 24.3 Å². The van der Waals surface area contributed by atoms with Gasteiger partial charge < -0.3 is 15.1 Å². The number of halogens is 1. The lowest BCUT2D eigenvalue weighted by molar-refractivity contribution is -0.190. The molecule has 1 aromatic rings. The molecule has 6 aliphatic rings. The van der Waals surface area contributed by atoms with Gasteiger partial charge in [-0.05, 0) is 36.8 Å². The molecular formula is C20H27ClN2O2. The van der Waals surface area contributed by atoms with E-state index in [0.717, 1.165) is 25.8 Å². The Bertz CT molecular complexity index is 744. The first kappa shape index (κ1) is 16.4. The number of rotatable bonds is 1. The molecule has 1 saturated carbocycles. The van der Waals surface area contributed by atoms with Crippen molar-refractivity contribution < 1.29 is 10.2 Å². The molecule has 136 valence electrons. The van der Waals surface area contributed by atoms with Gasteiger partial charge in [-0.2, -0.15) is 0 Å². The molecule has 2 N–H and O–H groups in total. The lowest BCUT2D eigenvalue weighted by Gasteiger charge is -2.63. The highest BCUT2D eigenvalue weighted by Crippen LogP contribution is 2.68. The summed E-state index contributed by atoms with van der Waals surface area (Å²) in [7, 11) is 2.21. The van der Waals surface area contributed by atoms with Crippen LogP contribution < -0.4 is 4.90 Å². The van der Waals surface area contributed by atoms with E-state index in [0.29, 0.717) is 18.1 Å². The first-order valence-electron chi connectivity index (χ1n) is 9.51. The van der Waals surface area contributed by atoms with Gasteiger partial charge in [-0.15, -0.1) is 12.4 Å². The van der Waals surface area contributed by atoms with Crippen LogP contribution in [0.5, 0.6) is 0 Å². The number of fused-ring (bicyclic) bond motifs is 2. The maximum Gasteiger partial charge on any atom is 0.0804 e. The van der Waals surface area contributed by atoms with Crippen molar-refractivity contribution in [3.05, 3.63) is 29.8 Å². The average molecular weight is 363 g/mol. The predicted molar refractivity (Wildman–Crippen MR) is 99.3 cm³/mol. The Hall–Kier alpha value is -0.810. The van der Waals surface area contributed by atoms with Crippen LogP contribution in [0.25, 0.3) is 0 Å². The summed E-state index contributed by atoms with van der Waals surface area (Å²) in [4.78, 5) is 5.02. The van der Waals surface area contributed by atoms with Crippen molar-refractivity contribution in [1.29, 1.82) is 0 Å². The van der Waals surface area contributed by atoms with Crippen LogP contribution in [0.3, 0.4) is 0 Å². The van der Waals surface area contributed by atoms with Gasteiger partial charge in [-0.3, -0.25) is 4.90 Å². The van der Waals surface area contributed by atoms with Gasteiger partial charge in [0.05, 0.1) is 17.7 Å². The van der Waals surface area contributed by atoms with Crippen molar-refractivity contribution >= 4 is 18.1 Å². The third-order valence-electron chi connectivity index (χ3n) is 8.55. The minimum Gasteiger partial charge on any atom is -0.392 e. The number of aliphatic hydroxyl groups excluding tert-OH is 1. The molecule has 1 aromatic carbocycles. The third-order valence-corrected chi connectivity index (χ3v) is 8.55. The number of hydrogen-bond donors (Lipinski definition) is 2. The lowest BCUT2D eigenvalue weighted by atomic mass is 9.61. The van der Waals surface area contributed by atoms with Crippen molar-refractivity contribution in [1.82, 2.24) is 4.90 Å². The van der Waals surface area contributed by atoms with Crippen LogP contribution in [0.1, 0.15) is 31.7 Å². The van der Waals surface area contributed by atoms with Gasteiger partial charge in [0.1, 0.15) is 0 Å². The van der Waals surface area contributed by atoms with Crippen molar-refractivity contribution in [2.24, 2.45) is 11.8 Å². The monoisotopic (exact) mass is 362 g/mol. The smallest absolute Gasteiger partial charge is 0.0804 e. The number of benzene rings is 1. The SMILES string of the molecule is CC[C@]1(O)CN2[C@H]3C[C@@]45c6ccccc6N(C)[C@H]4[C@@H]2C[C@@H]1C3[C@H]5O.Cl. The van der Waals surface area contributed by atoms with Crippen LogP contribution in [0.2, 0.25) is 0 Å². The number of nitrogens with zero attached hydrogens (tertiary/aromatic N) is 2. The summed E-state index contributed by atoms with van der Waals surface area (Å²) in [5.74, 6) is 0.479. The summed E-state index contributed by atoms with van der Waals surface area (Å²) in [5, 5.41) is 22.8. The van der Waals surface area contributed by atoms with Gasteiger partial charge in [0, 0.05) is 42.7 Å². The third kappa shape index (κ3) is 1.50. The molecule has 1 aliphatic carbocycles. The zero-order valence-corrected chi connectivity index (χ0v) is 15.6. The zero-order valence-electron chi connectivity index (χ0n) is 14.8. The summed E-state index contributed by atoms with van der Waals surface area (Å²) >= 11 is 0. The van der Waals surface area contributed by atoms with Crippen molar-refractivity contribution in [2.75, 3.05) is 18.5 Å². The summed E-state index contributed by atoms with van der Waals surface area (Å²) in [5.41, 5.74) is 1.92. The Morgan fingerprint density at radius 2 is 2.00 bits per heavy atom. The number of para-hydroxylation sites is 1. The lowest BCUT2D eigenvalue weighted by Crippen LogP contribution is -2.73. The molecule has 5 heterocycles. The summed E-state index contributed by atoms with van der Waals surface area (Å²) in [6.07, 6.45) is 2.54. The molecular weight excluding hydrogens is 336 g/mol. The number of hydrogen-bond acceptors (Lipinski definition) is 4. The van der Waals surface area contributed by atoms with Crippen LogP contribution in [0.4, 0.5) is 5.69 Å². The second kappa shape index (κ2) is 4.72. The molecule has 5 fully saturated rings. The topological polar surface area (TPSA) is 46.9 Å². The Balaban J connectivity index is 0.00000140. The van der Waals surface area contributed by atoms with Crippen LogP contribution in [-0.2, 0) is 5.41 Å². The molecule has 2 unspecified atom stereocenters. The second-order valence-corrected chi connectivity index (χ2v) is 8.95. The molecule has 5 heteroatoms. The van der Waals surface area contributed by atoms with E-state index in [1.165, 1.54) is 11.3 Å². The van der Waals surface area contributed by atoms with Crippen LogP contribution in [0, 0.1) is 11.8 Å². The van der Waals surface area contributed by atoms with Crippen LogP contribution >= 0.6 is 12.4 Å². The number of likely N-dealkylation sites (N-methyl/N-ethyl adjacent to an activating group) is 1. The number of anilines is 1. The number of piperidine rings is 4. The molecule has 4 nitrogen and oxygen atoms in total. The summed E-state index contributed by atoms with van der Waals surface area (Å²) in [6.45, 7) is 2.90. The fourth-order valence-electron chi connectivity index (χ4n) is 7.71. The molecule has 5 aliphatic heterocycles. The maximum absolute atomic E-state index is 11.6. The Morgan fingerprint density at radius 1 is 1.24 bits per heavy atom. The average Bonchev–Trinajstić information content (AvgIpc) is 2.98. The van der Waals surface area contributed by atoms with E-state index < -0.39 is 5.60 Å². The Kier molecular flexibility index (Phi) is 3.09. The molecule has 0 aromatic heterocycles. The van der Waals surface area contributed by atoms with Crippen molar-refractivity contribution in [3.8, 4) is 0 Å². The van der Waals surface area contributed by atoms with Gasteiger partial charge in [-0.1, -0.05) is 25.1 Å². The molecule has 0 amide bonds. The quantitative estimate of drug-likeness (QED) is 0.799. The van der Waals surface area contributed by atoms with Gasteiger partial charge in [0.2, 0.25) is 0 Å². The standard InChI is InChI=1S/C20H26N2O2.ClH/c1-3-19(24)10-22-14-8-12(19)16-15(22)9-20(18(16)23)11-6-4-5-7-13(11)21(2)17(14)20;/h4-7,12,14-18,23-24H,3,8-10H2,1-2H3;1H/t12-,14+,15+,16?,17+,18-,19+,20-;/m1./s1. The van der Waals surface area contributed by atoms with Crippen LogP contribution in [-0.4, -0.2) is 58.5 Å². The molecule has 7 rings (SSSR count). The fourth-order valence-corrected chi connectivity index (χ4v) is 7.71. The Labute approximate surface area is 155 Å². The maximum atomic E-state index is 11.6. The van der Waals surface area contributed by atoms with E-state index in [1.54, 1.807) is 0 Å². The van der Waals surface area contributed by atoms with Crippen molar-refractivity contribution in [3.63, 3.8) is 0 Å². The summed E-state index contributed by atoms with van der Waals surface area (Å²) < 4.78 is 0. The largest absolute Gasteiger partial charge is 0.392 e. The molecule has 0 radical (unpaired) electrons. The van der Waals surface area contributed by atoms with E-state index in [-0.39, 0.29) is 35.8 Å². The molecule has 1 spiro atoms. The van der Waals surface area contributed by atoms with Gasteiger partial charge in [0.25, 0.3) is 0 Å². The van der Waals surface area contributed by atoms with Gasteiger partial charge >= 0.3 is 0 Å². The van der Waals surface area contributed by atoms with E-state index in [2.05, 4.69) is 48.0 Å². The first-order chi connectivity index (χ1) is 11.5. The predicted octanol–water partition coefficient (Wildman–Crippen LogP) is 1.77. The van der Waals surface area contributed by atoms with E-state index in [1.807, 2.05) is 0 Å². The van der Waals surface area contributed by atoms with E-state index in [9.17, 15) is 10.2 Å². The van der Waals surface area contributed by atoms with Crippen molar-refractivity contribution in [2.45, 2.75) is 61.4 Å². The normalized spacial score (nSPS) is 53.6. The minimum absolute atomic E-state index is 0. The Morgan fingerprint density at radius 3 is 2.76 bits per heavy atom. The van der Waals surface area contributed by atoms with Gasteiger partial charge in [-0.25, -0.2) is 0 Å². The molecule has 5 bridgehead atoms. The second-order valence-electron chi connectivity index (χ2n) is 8.95. The highest BCUT2D eigenvalue weighted by atomic mass is 35.5. The summed E-state index contributed by atoms with van der Waals surface area (Å²) in [6, 6.07) is 9.95. The fraction of sp³-hybridized carbons (Fsp3) is 0.700. The molecule has 25 heavy (non-hydrogen) atoms. The molecule has 9 atom stereocenters.